The Hall–Kier alpha value is -4.01. The van der Waals surface area contributed by atoms with Crippen LogP contribution >= 0.6 is 0 Å². The number of benzene rings is 2. The van der Waals surface area contributed by atoms with Crippen LogP contribution in [-0.4, -0.2) is 40.9 Å². The van der Waals surface area contributed by atoms with Gasteiger partial charge in [0.2, 0.25) is 5.95 Å². The molecule has 30 heavy (non-hydrogen) atoms. The van der Waals surface area contributed by atoms with Crippen LogP contribution in [0.15, 0.2) is 42.5 Å². The van der Waals surface area contributed by atoms with Gasteiger partial charge in [-0.3, -0.25) is 0 Å². The van der Waals surface area contributed by atoms with Gasteiger partial charge in [0.05, 0.1) is 12.5 Å². The molecule has 0 saturated heterocycles. The first-order chi connectivity index (χ1) is 14.7. The average Bonchev–Trinajstić information content (AvgIpc) is 3.17. The lowest BCUT2D eigenvalue weighted by Gasteiger charge is -2.22. The number of nitrogens with zero attached hydrogens (tertiary/aromatic N) is 3. The van der Waals surface area contributed by atoms with Crippen molar-refractivity contribution < 1.29 is 23.7 Å². The highest BCUT2D eigenvalue weighted by molar-refractivity contribution is 6.09. The summed E-state index contributed by atoms with van der Waals surface area (Å²) in [4.78, 5) is 17.0. The van der Waals surface area contributed by atoms with Gasteiger partial charge in [0.25, 0.3) is 0 Å². The van der Waals surface area contributed by atoms with Gasteiger partial charge in [0.15, 0.2) is 28.6 Å². The van der Waals surface area contributed by atoms with Crippen molar-refractivity contribution in [1.82, 2.24) is 14.6 Å². The Bertz CT molecular complexity index is 1270. The van der Waals surface area contributed by atoms with Gasteiger partial charge in [-0.25, -0.2) is 4.79 Å². The molecule has 9 nitrogen and oxygen atoms in total. The van der Waals surface area contributed by atoms with E-state index in [-0.39, 0.29) is 18.2 Å². The third-order valence-corrected chi connectivity index (χ3v) is 4.83. The number of methoxy groups -OCH3 is 1. The molecule has 0 fully saturated rings. The molecule has 0 spiro atoms. The number of nitrogen functional groups attached to an aromatic ring is 1. The molecule has 4 aromatic rings. The standard InChI is InChI=1S/C21H18N4O5/c1-27-20(26)16-17(30-11-12-5-3-2-4-6-12)13-7-8-14-18(29-10-9-28-14)15(13)19-23-21(22)24-25(16)19/h2-8H,9-11H2,1H3,(H2,22,24). The van der Waals surface area contributed by atoms with E-state index in [1.807, 2.05) is 30.3 Å². The average molecular weight is 406 g/mol. The van der Waals surface area contributed by atoms with Crippen molar-refractivity contribution in [2.75, 3.05) is 26.1 Å². The lowest BCUT2D eigenvalue weighted by molar-refractivity contribution is 0.0585. The molecular weight excluding hydrogens is 388 g/mol. The van der Waals surface area contributed by atoms with Gasteiger partial charge in [-0.05, 0) is 17.7 Å². The molecule has 0 amide bonds. The van der Waals surface area contributed by atoms with Crippen LogP contribution in [0.5, 0.6) is 17.2 Å². The molecule has 2 N–H and O–H groups in total. The maximum absolute atomic E-state index is 12.7. The lowest BCUT2D eigenvalue weighted by atomic mass is 10.1. The minimum absolute atomic E-state index is 0.0102. The summed E-state index contributed by atoms with van der Waals surface area (Å²) in [6.45, 7) is 1.08. The molecule has 5 rings (SSSR count). The summed E-state index contributed by atoms with van der Waals surface area (Å²) >= 11 is 0. The molecule has 0 atom stereocenters. The number of fused-ring (bicyclic) bond motifs is 5. The van der Waals surface area contributed by atoms with E-state index in [2.05, 4.69) is 10.1 Å². The molecule has 0 radical (unpaired) electrons. The number of anilines is 1. The molecule has 9 heteroatoms. The first-order valence-corrected chi connectivity index (χ1v) is 9.33. The summed E-state index contributed by atoms with van der Waals surface area (Å²) in [6, 6.07) is 13.2. The fraction of sp³-hybridized carbons (Fsp3) is 0.190. The molecule has 3 heterocycles. The topological polar surface area (TPSA) is 110 Å². The molecular formula is C21H18N4O5. The van der Waals surface area contributed by atoms with Crippen molar-refractivity contribution in [2.24, 2.45) is 0 Å². The number of carbonyl (C=O) groups excluding carboxylic acids is 1. The summed E-state index contributed by atoms with van der Waals surface area (Å²) in [5.41, 5.74) is 7.27. The Morgan fingerprint density at radius 2 is 1.97 bits per heavy atom. The van der Waals surface area contributed by atoms with Crippen LogP contribution in [0.25, 0.3) is 16.4 Å². The van der Waals surface area contributed by atoms with Gasteiger partial charge in [0, 0.05) is 5.39 Å². The number of esters is 1. The molecule has 2 aromatic heterocycles. The Balaban J connectivity index is 1.81. The number of ether oxygens (including phenoxy) is 4. The SMILES string of the molecule is COC(=O)c1c(OCc2ccccc2)c2ccc3c(c2c2nc(N)nn12)OCCO3. The van der Waals surface area contributed by atoms with Gasteiger partial charge >= 0.3 is 5.97 Å². The van der Waals surface area contributed by atoms with Crippen molar-refractivity contribution >= 4 is 28.3 Å². The van der Waals surface area contributed by atoms with Crippen molar-refractivity contribution in [3.8, 4) is 17.2 Å². The highest BCUT2D eigenvalue weighted by atomic mass is 16.6. The normalized spacial score (nSPS) is 12.8. The van der Waals surface area contributed by atoms with Crippen LogP contribution < -0.4 is 19.9 Å². The third kappa shape index (κ3) is 2.83. The number of pyridine rings is 1. The predicted molar refractivity (Wildman–Crippen MR) is 108 cm³/mol. The summed E-state index contributed by atoms with van der Waals surface area (Å²) in [6.07, 6.45) is 0. The number of carbonyl (C=O) groups is 1. The Morgan fingerprint density at radius 1 is 1.17 bits per heavy atom. The first-order valence-electron chi connectivity index (χ1n) is 9.33. The fourth-order valence-corrected chi connectivity index (χ4v) is 3.55. The quantitative estimate of drug-likeness (QED) is 0.515. The van der Waals surface area contributed by atoms with E-state index < -0.39 is 5.97 Å². The number of aromatic nitrogens is 3. The van der Waals surface area contributed by atoms with Gasteiger partial charge in [-0.15, -0.1) is 5.10 Å². The van der Waals surface area contributed by atoms with Gasteiger partial charge < -0.3 is 24.7 Å². The molecule has 2 aromatic carbocycles. The second kappa shape index (κ2) is 7.11. The van der Waals surface area contributed by atoms with Crippen LogP contribution in [0.1, 0.15) is 16.1 Å². The van der Waals surface area contributed by atoms with E-state index in [4.69, 9.17) is 24.7 Å². The summed E-state index contributed by atoms with van der Waals surface area (Å²) in [7, 11) is 1.30. The molecule has 0 saturated carbocycles. The molecule has 1 aliphatic heterocycles. The Labute approximate surface area is 170 Å². The summed E-state index contributed by atoms with van der Waals surface area (Å²) < 4.78 is 24.1. The molecule has 0 unspecified atom stereocenters. The largest absolute Gasteiger partial charge is 0.486 e. The van der Waals surface area contributed by atoms with E-state index in [9.17, 15) is 4.79 Å². The van der Waals surface area contributed by atoms with E-state index in [1.54, 1.807) is 12.1 Å². The second-order valence-corrected chi connectivity index (χ2v) is 6.66. The highest BCUT2D eigenvalue weighted by Gasteiger charge is 2.28. The Kier molecular flexibility index (Phi) is 4.27. The van der Waals surface area contributed by atoms with Crippen LogP contribution in [0.4, 0.5) is 5.95 Å². The smallest absolute Gasteiger partial charge is 0.360 e. The van der Waals surface area contributed by atoms with Crippen LogP contribution in [0.3, 0.4) is 0 Å². The zero-order valence-corrected chi connectivity index (χ0v) is 16.1. The Morgan fingerprint density at radius 3 is 2.77 bits per heavy atom. The molecule has 1 aliphatic rings. The van der Waals surface area contributed by atoms with Crippen molar-refractivity contribution in [3.63, 3.8) is 0 Å². The fourth-order valence-electron chi connectivity index (χ4n) is 3.55. The molecule has 0 aliphatic carbocycles. The van der Waals surface area contributed by atoms with Crippen LogP contribution in [0.2, 0.25) is 0 Å². The zero-order chi connectivity index (χ0) is 20.7. The van der Waals surface area contributed by atoms with E-state index in [0.717, 1.165) is 5.56 Å². The van der Waals surface area contributed by atoms with E-state index >= 15 is 0 Å². The summed E-state index contributed by atoms with van der Waals surface area (Å²) in [5, 5.41) is 5.43. The van der Waals surface area contributed by atoms with Crippen molar-refractivity contribution in [2.45, 2.75) is 6.61 Å². The van der Waals surface area contributed by atoms with Gasteiger partial charge in [-0.2, -0.15) is 9.50 Å². The van der Waals surface area contributed by atoms with E-state index in [0.29, 0.717) is 46.9 Å². The minimum Gasteiger partial charge on any atom is -0.486 e. The number of hydrogen-bond acceptors (Lipinski definition) is 8. The monoisotopic (exact) mass is 406 g/mol. The van der Waals surface area contributed by atoms with Gasteiger partial charge in [0.1, 0.15) is 19.8 Å². The maximum Gasteiger partial charge on any atom is 0.360 e. The summed E-state index contributed by atoms with van der Waals surface area (Å²) in [5.74, 6) is 0.782. The maximum atomic E-state index is 12.7. The second-order valence-electron chi connectivity index (χ2n) is 6.66. The molecule has 152 valence electrons. The van der Waals surface area contributed by atoms with Crippen molar-refractivity contribution in [3.05, 3.63) is 53.7 Å². The third-order valence-electron chi connectivity index (χ3n) is 4.83. The van der Waals surface area contributed by atoms with E-state index in [1.165, 1.54) is 11.6 Å². The molecule has 0 bridgehead atoms. The number of hydrogen-bond donors (Lipinski definition) is 1. The van der Waals surface area contributed by atoms with Crippen LogP contribution in [0, 0.1) is 0 Å². The van der Waals surface area contributed by atoms with Crippen molar-refractivity contribution in [1.29, 1.82) is 0 Å². The predicted octanol–water partition coefficient (Wildman–Crippen LogP) is 2.60. The minimum atomic E-state index is -0.621. The highest BCUT2D eigenvalue weighted by Crippen LogP contribution is 2.44. The lowest BCUT2D eigenvalue weighted by Crippen LogP contribution is -2.17. The van der Waals surface area contributed by atoms with Crippen LogP contribution in [-0.2, 0) is 11.3 Å². The number of nitrogens with two attached hydrogens (primary N) is 1. The first kappa shape index (κ1) is 18.0. The number of rotatable bonds is 4. The zero-order valence-electron chi connectivity index (χ0n) is 16.1. The van der Waals surface area contributed by atoms with Gasteiger partial charge in [-0.1, -0.05) is 30.3 Å².